The van der Waals surface area contributed by atoms with Crippen molar-refractivity contribution < 1.29 is 14.3 Å². The topological polar surface area (TPSA) is 43.4 Å². The lowest BCUT2D eigenvalue weighted by atomic mass is 9.83. The summed E-state index contributed by atoms with van der Waals surface area (Å²) in [6, 6.07) is 7.54. The van der Waals surface area contributed by atoms with Gasteiger partial charge in [0, 0.05) is 6.42 Å². The third-order valence-corrected chi connectivity index (χ3v) is 4.34. The van der Waals surface area contributed by atoms with Crippen LogP contribution in [-0.2, 0) is 16.0 Å². The highest BCUT2D eigenvalue weighted by molar-refractivity contribution is 5.89. The summed E-state index contributed by atoms with van der Waals surface area (Å²) < 4.78 is 4.69. The zero-order chi connectivity index (χ0) is 14.4. The van der Waals surface area contributed by atoms with Crippen molar-refractivity contribution in [3.63, 3.8) is 0 Å². The maximum absolute atomic E-state index is 11.4. The lowest BCUT2D eigenvalue weighted by molar-refractivity contribution is -0.109. The van der Waals surface area contributed by atoms with Gasteiger partial charge in [-0.1, -0.05) is 37.8 Å². The summed E-state index contributed by atoms with van der Waals surface area (Å²) in [5.74, 6) is 0.816. The molecule has 1 unspecified atom stereocenters. The van der Waals surface area contributed by atoms with Crippen LogP contribution in [0, 0.1) is 11.8 Å². The van der Waals surface area contributed by atoms with E-state index in [9.17, 15) is 9.59 Å². The highest BCUT2D eigenvalue weighted by Gasteiger charge is 2.24. The molecule has 0 N–H and O–H groups in total. The number of carbonyl (C=O) groups excluding carboxylic acids is 2. The molecule has 0 heterocycles. The lowest BCUT2D eigenvalue weighted by Gasteiger charge is -2.21. The summed E-state index contributed by atoms with van der Waals surface area (Å²) in [5, 5.41) is 0. The van der Waals surface area contributed by atoms with Gasteiger partial charge in [-0.15, -0.1) is 0 Å². The fraction of sp³-hybridized carbons (Fsp3) is 0.529. The first-order chi connectivity index (χ1) is 9.74. The molecule has 3 nitrogen and oxygen atoms in total. The molecule has 1 atom stereocenters. The Balaban J connectivity index is 2.02. The van der Waals surface area contributed by atoms with Gasteiger partial charge in [-0.3, -0.25) is 0 Å². The van der Waals surface area contributed by atoms with Gasteiger partial charge in [-0.2, -0.15) is 0 Å². The van der Waals surface area contributed by atoms with Crippen LogP contribution in [0.2, 0.25) is 0 Å². The predicted molar refractivity (Wildman–Crippen MR) is 77.6 cm³/mol. The summed E-state index contributed by atoms with van der Waals surface area (Å²) in [5.41, 5.74) is 1.76. The smallest absolute Gasteiger partial charge is 0.337 e. The van der Waals surface area contributed by atoms with E-state index in [0.717, 1.165) is 12.7 Å². The van der Waals surface area contributed by atoms with Crippen molar-refractivity contribution in [2.75, 3.05) is 7.11 Å². The van der Waals surface area contributed by atoms with E-state index in [2.05, 4.69) is 0 Å². The number of hydrogen-bond acceptors (Lipinski definition) is 3. The molecule has 0 spiro atoms. The molecule has 3 heteroatoms. The third-order valence-electron chi connectivity index (χ3n) is 4.34. The fourth-order valence-corrected chi connectivity index (χ4v) is 3.19. The quantitative estimate of drug-likeness (QED) is 0.590. The van der Waals surface area contributed by atoms with E-state index in [0.29, 0.717) is 23.8 Å². The zero-order valence-electron chi connectivity index (χ0n) is 12.0. The van der Waals surface area contributed by atoms with Gasteiger partial charge in [-0.05, 0) is 36.0 Å². The average Bonchev–Trinajstić information content (AvgIpc) is 3.01. The van der Waals surface area contributed by atoms with Crippen molar-refractivity contribution in [3.05, 3.63) is 35.4 Å². The molecule has 1 fully saturated rings. The van der Waals surface area contributed by atoms with Crippen LogP contribution in [0.1, 0.15) is 48.0 Å². The second kappa shape index (κ2) is 7.22. The molecule has 1 aliphatic rings. The largest absolute Gasteiger partial charge is 0.465 e. The van der Waals surface area contributed by atoms with Gasteiger partial charge in [0.2, 0.25) is 0 Å². The molecule has 0 aliphatic heterocycles. The van der Waals surface area contributed by atoms with Crippen LogP contribution in [0.5, 0.6) is 0 Å². The molecular weight excluding hydrogens is 252 g/mol. The van der Waals surface area contributed by atoms with Crippen molar-refractivity contribution in [3.8, 4) is 0 Å². The number of ether oxygens (including phenoxy) is 1. The second-order valence-corrected chi connectivity index (χ2v) is 5.60. The number of carbonyl (C=O) groups is 2. The Bertz CT molecular complexity index is 444. The van der Waals surface area contributed by atoms with Gasteiger partial charge in [0.05, 0.1) is 12.7 Å². The highest BCUT2D eigenvalue weighted by Crippen LogP contribution is 2.34. The molecule has 1 aromatic carbocycles. The number of esters is 1. The molecule has 0 saturated heterocycles. The van der Waals surface area contributed by atoms with Crippen molar-refractivity contribution in [1.82, 2.24) is 0 Å². The van der Waals surface area contributed by atoms with Crippen LogP contribution in [0.4, 0.5) is 0 Å². The first kappa shape index (κ1) is 14.8. The summed E-state index contributed by atoms with van der Waals surface area (Å²) >= 11 is 0. The molecule has 1 aliphatic carbocycles. The molecule has 108 valence electrons. The molecule has 0 radical (unpaired) electrons. The van der Waals surface area contributed by atoms with Gasteiger partial charge >= 0.3 is 5.97 Å². The number of benzene rings is 1. The van der Waals surface area contributed by atoms with Crippen LogP contribution in [0.25, 0.3) is 0 Å². The second-order valence-electron chi connectivity index (χ2n) is 5.60. The number of hydrogen-bond donors (Lipinski definition) is 0. The molecule has 20 heavy (non-hydrogen) atoms. The zero-order valence-corrected chi connectivity index (χ0v) is 12.0. The van der Waals surface area contributed by atoms with Crippen LogP contribution in [0.3, 0.4) is 0 Å². The van der Waals surface area contributed by atoms with Crippen molar-refractivity contribution in [2.24, 2.45) is 11.8 Å². The Morgan fingerprint density at radius 1 is 1.30 bits per heavy atom. The van der Waals surface area contributed by atoms with E-state index in [1.807, 2.05) is 12.1 Å². The monoisotopic (exact) mass is 274 g/mol. The van der Waals surface area contributed by atoms with Crippen molar-refractivity contribution in [1.29, 1.82) is 0 Å². The Hall–Kier alpha value is -1.64. The maximum Gasteiger partial charge on any atom is 0.337 e. The van der Waals surface area contributed by atoms with Gasteiger partial charge < -0.3 is 9.53 Å². The van der Waals surface area contributed by atoms with Gasteiger partial charge in [0.1, 0.15) is 6.29 Å². The van der Waals surface area contributed by atoms with Gasteiger partial charge in [0.25, 0.3) is 0 Å². The molecular formula is C17H22O3. The highest BCUT2D eigenvalue weighted by atomic mass is 16.5. The molecule has 1 saturated carbocycles. The number of aldehydes is 1. The summed E-state index contributed by atoms with van der Waals surface area (Å²) in [6.07, 6.45) is 7.69. The minimum atomic E-state index is -0.309. The Kier molecular flexibility index (Phi) is 5.33. The van der Waals surface area contributed by atoms with Crippen LogP contribution in [-0.4, -0.2) is 19.4 Å². The van der Waals surface area contributed by atoms with E-state index in [-0.39, 0.29) is 5.97 Å². The van der Waals surface area contributed by atoms with Crippen molar-refractivity contribution in [2.45, 2.75) is 38.5 Å². The van der Waals surface area contributed by atoms with E-state index < -0.39 is 0 Å². The molecule has 1 aromatic rings. The fourth-order valence-electron chi connectivity index (χ4n) is 3.19. The summed E-state index contributed by atoms with van der Waals surface area (Å²) in [4.78, 5) is 22.3. The van der Waals surface area contributed by atoms with Crippen molar-refractivity contribution >= 4 is 12.3 Å². The first-order valence-corrected chi connectivity index (χ1v) is 7.35. The van der Waals surface area contributed by atoms with Crippen LogP contribution < -0.4 is 0 Å². The molecule has 0 amide bonds. The van der Waals surface area contributed by atoms with E-state index in [1.165, 1.54) is 38.4 Å². The Morgan fingerprint density at radius 3 is 2.50 bits per heavy atom. The molecule has 0 aromatic heterocycles. The Morgan fingerprint density at radius 2 is 1.95 bits per heavy atom. The van der Waals surface area contributed by atoms with E-state index in [1.54, 1.807) is 12.1 Å². The maximum atomic E-state index is 11.4. The minimum absolute atomic E-state index is 0.309. The normalized spacial score (nSPS) is 16.9. The predicted octanol–water partition coefficient (Wildman–Crippen LogP) is 3.41. The lowest BCUT2D eigenvalue weighted by Crippen LogP contribution is -2.15. The standard InChI is InChI=1S/C17H22O3/c1-20-17(19)15-8-6-13(7-9-15)12-16(10-11-18)14-4-2-3-5-14/h6-9,11,14,16H,2-5,10,12H2,1H3. The van der Waals surface area contributed by atoms with Gasteiger partial charge in [0.15, 0.2) is 0 Å². The number of rotatable bonds is 6. The van der Waals surface area contributed by atoms with Crippen LogP contribution in [0.15, 0.2) is 24.3 Å². The minimum Gasteiger partial charge on any atom is -0.465 e. The Labute approximate surface area is 120 Å². The van der Waals surface area contributed by atoms with E-state index >= 15 is 0 Å². The first-order valence-electron chi connectivity index (χ1n) is 7.35. The average molecular weight is 274 g/mol. The summed E-state index contributed by atoms with van der Waals surface area (Å²) in [6.45, 7) is 0. The SMILES string of the molecule is COC(=O)c1ccc(CC(CC=O)C2CCCC2)cc1. The van der Waals surface area contributed by atoms with Gasteiger partial charge in [-0.25, -0.2) is 4.79 Å². The number of methoxy groups -OCH3 is 1. The van der Waals surface area contributed by atoms with Crippen LogP contribution >= 0.6 is 0 Å². The summed E-state index contributed by atoms with van der Waals surface area (Å²) in [7, 11) is 1.39. The molecule has 0 bridgehead atoms. The third kappa shape index (κ3) is 3.69. The van der Waals surface area contributed by atoms with E-state index in [4.69, 9.17) is 4.74 Å². The molecule has 2 rings (SSSR count).